The molecule has 2 aromatic heterocycles. The smallest absolute Gasteiger partial charge is 0.409 e. The summed E-state index contributed by atoms with van der Waals surface area (Å²) in [4.78, 5) is 109. The fourth-order valence-electron chi connectivity index (χ4n) is 11.0. The third-order valence-corrected chi connectivity index (χ3v) is 16.0. The molecule has 90 heavy (non-hydrogen) atoms. The van der Waals surface area contributed by atoms with Gasteiger partial charge in [-0.25, -0.2) is 19.0 Å². The Bertz CT molecular complexity index is 3380. The molecule has 0 saturated carbocycles. The number of nitrogens with zero attached hydrogens (tertiary/aromatic N) is 2. The minimum atomic E-state index is -2.04. The van der Waals surface area contributed by atoms with Gasteiger partial charge in [-0.3, -0.25) is 34.1 Å². The van der Waals surface area contributed by atoms with Gasteiger partial charge >= 0.3 is 12.1 Å². The zero-order valence-corrected chi connectivity index (χ0v) is 51.6. The first kappa shape index (κ1) is 68.0. The number of fused-ring (bicyclic) bond motifs is 5. The maximum atomic E-state index is 15.4. The Morgan fingerprint density at radius 2 is 1.54 bits per heavy atom. The predicted molar refractivity (Wildman–Crippen MR) is 324 cm³/mol. The number of aliphatic hydroxyl groups is 1. The summed E-state index contributed by atoms with van der Waals surface area (Å²) in [6.07, 6.45) is 4.76. The van der Waals surface area contributed by atoms with Gasteiger partial charge in [-0.1, -0.05) is 45.2 Å². The number of alkyl carbamates (subject to hydrolysis) is 1. The Hall–Kier alpha value is -7.90. The molecule has 0 saturated heterocycles. The minimum Gasteiger partial charge on any atom is -0.458 e. The Morgan fingerprint density at radius 1 is 0.822 bits per heavy atom. The van der Waals surface area contributed by atoms with Crippen LogP contribution in [0.3, 0.4) is 0 Å². The molecule has 8 rings (SSSR count). The van der Waals surface area contributed by atoms with Crippen molar-refractivity contribution in [2.75, 3.05) is 84.7 Å². The van der Waals surface area contributed by atoms with E-state index in [1.165, 1.54) is 17.6 Å². The number of esters is 1. The topological polar surface area (TPSA) is 321 Å². The number of nitrogens with one attached hydrogen (secondary N) is 6. The van der Waals surface area contributed by atoms with Crippen molar-refractivity contribution >= 4 is 58.2 Å². The highest BCUT2D eigenvalue weighted by atomic mass is 19.1. The Labute approximate surface area is 520 Å². The lowest BCUT2D eigenvalue weighted by molar-refractivity contribution is -0.172. The summed E-state index contributed by atoms with van der Waals surface area (Å²) in [5, 5.41) is 28.4. The first-order valence-corrected chi connectivity index (χ1v) is 30.6. The van der Waals surface area contributed by atoms with Crippen LogP contribution in [0.5, 0.6) is 0 Å². The van der Waals surface area contributed by atoms with Crippen molar-refractivity contribution in [2.45, 2.75) is 142 Å². The van der Waals surface area contributed by atoms with Crippen molar-refractivity contribution in [3.63, 3.8) is 0 Å². The number of cyclic esters (lactones) is 1. The number of aryl methyl sites for hydroxylation is 1. The number of aromatic nitrogens is 2. The van der Waals surface area contributed by atoms with Crippen LogP contribution < -0.4 is 37.5 Å². The van der Waals surface area contributed by atoms with Crippen LogP contribution in [0.2, 0.25) is 0 Å². The number of rotatable bonds is 32. The number of hydrogen-bond donors (Lipinski definition) is 7. The summed E-state index contributed by atoms with van der Waals surface area (Å²) in [5.41, 5.74) is 2.34. The van der Waals surface area contributed by atoms with Crippen LogP contribution in [0.4, 0.5) is 14.9 Å². The molecule has 2 aliphatic heterocycles. The summed E-state index contributed by atoms with van der Waals surface area (Å²) < 4.78 is 60.6. The van der Waals surface area contributed by atoms with E-state index in [-0.39, 0.29) is 94.8 Å². The van der Waals surface area contributed by atoms with Crippen molar-refractivity contribution in [1.29, 1.82) is 0 Å². The van der Waals surface area contributed by atoms with Crippen molar-refractivity contribution < 1.29 is 81.0 Å². The molecule has 2 aliphatic carbocycles. The van der Waals surface area contributed by atoms with Gasteiger partial charge in [-0.2, -0.15) is 0 Å². The molecule has 6 amide bonds. The largest absolute Gasteiger partial charge is 0.458 e. The van der Waals surface area contributed by atoms with Crippen LogP contribution in [0.25, 0.3) is 22.3 Å². The normalized spacial score (nSPS) is 17.8. The van der Waals surface area contributed by atoms with Gasteiger partial charge in [-0.05, 0) is 98.7 Å². The zero-order valence-electron chi connectivity index (χ0n) is 51.6. The molecule has 4 aromatic rings. The lowest BCUT2D eigenvalue weighted by Crippen LogP contribution is -2.53. The molecule has 4 heterocycles. The first-order chi connectivity index (χ1) is 43.4. The number of amides is 6. The second-order valence-corrected chi connectivity index (χ2v) is 22.7. The highest BCUT2D eigenvalue weighted by molar-refractivity contribution is 5.98. The molecule has 486 valence electrons. The maximum absolute atomic E-state index is 15.4. The second kappa shape index (κ2) is 32.7. The van der Waals surface area contributed by atoms with Gasteiger partial charge in [0, 0.05) is 47.7 Å². The summed E-state index contributed by atoms with van der Waals surface area (Å²) in [5.74, 6) is 2.39. The molecule has 5 atom stereocenters. The second-order valence-electron chi connectivity index (χ2n) is 22.7. The quantitative estimate of drug-likeness (QED) is 0.0138. The monoisotopic (exact) mass is 1250 g/mol. The van der Waals surface area contributed by atoms with E-state index >= 15 is 4.39 Å². The van der Waals surface area contributed by atoms with Crippen LogP contribution in [0, 0.1) is 30.5 Å². The Kier molecular flexibility index (Phi) is 24.7. The molecule has 0 bridgehead atoms. The Balaban J connectivity index is 0.673. The summed E-state index contributed by atoms with van der Waals surface area (Å²) in [6, 6.07) is 6.86. The van der Waals surface area contributed by atoms with Crippen molar-refractivity contribution in [1.82, 2.24) is 36.1 Å². The van der Waals surface area contributed by atoms with Crippen molar-refractivity contribution in [3.8, 4) is 23.2 Å². The van der Waals surface area contributed by atoms with Gasteiger partial charge in [0.1, 0.15) is 57.2 Å². The molecular formula is C64H81FN8O17. The van der Waals surface area contributed by atoms with Gasteiger partial charge in [0.05, 0.1) is 87.9 Å². The van der Waals surface area contributed by atoms with E-state index in [1.807, 2.05) is 0 Å². The van der Waals surface area contributed by atoms with E-state index in [4.69, 9.17) is 42.9 Å². The molecular weight excluding hydrogens is 1170 g/mol. The third-order valence-electron chi connectivity index (χ3n) is 16.0. The van der Waals surface area contributed by atoms with Gasteiger partial charge in [0.25, 0.3) is 5.56 Å². The number of anilines is 1. The van der Waals surface area contributed by atoms with Crippen molar-refractivity contribution in [2.24, 2.45) is 5.92 Å². The highest BCUT2D eigenvalue weighted by Gasteiger charge is 2.46. The molecule has 25 nitrogen and oxygen atoms in total. The highest BCUT2D eigenvalue weighted by Crippen LogP contribution is 2.46. The average Bonchev–Trinajstić information content (AvgIpc) is 1.46. The van der Waals surface area contributed by atoms with Gasteiger partial charge < -0.3 is 74.2 Å². The number of carbonyl (C=O) groups is 7. The molecule has 2 aromatic carbocycles. The van der Waals surface area contributed by atoms with Crippen LogP contribution in [0.15, 0.2) is 41.2 Å². The fraction of sp³-hybridized carbons (Fsp3) is 0.547. The number of hydrogen-bond acceptors (Lipinski definition) is 18. The van der Waals surface area contributed by atoms with E-state index in [0.717, 1.165) is 37.7 Å². The predicted octanol–water partition coefficient (Wildman–Crippen LogP) is 4.04. The van der Waals surface area contributed by atoms with E-state index in [9.17, 15) is 43.5 Å². The van der Waals surface area contributed by atoms with Crippen LogP contribution >= 0.6 is 0 Å². The molecule has 0 spiro atoms. The standard InChI is InChI=1S/C64H81FN8O17/c1-6-64(82)47-30-51-58-45(32-73(51)61(79)46(47)34-89-62(64)80)56-49(19-18-44-39(4)48(65)31-50(71-58)55(44)56)70-54(76)35-87-37-67-63(81)90-33-41-14-16-42(17-15-41)69-59(77)40(5)68-60(78)57(38(2)3)72-52(74)20-22-83-24-26-85-28-29-86-27-25-84-23-21-66-53(75)36-88-43-12-10-8-7-9-11-13-43/h14-17,30-31,38,40,43,49,57,82H,6-10,12,18-29,32-37H2,1-5H3,(H,66,75)(H,67,81)(H,68,78)(H,69,77)(H,70,76)(H,72,74)/t40-,43?,49-,57-,64-/m0/s1. The summed E-state index contributed by atoms with van der Waals surface area (Å²) in [7, 11) is 0. The molecule has 1 unspecified atom stereocenters. The fourth-order valence-corrected chi connectivity index (χ4v) is 11.0. The SMILES string of the molecule is CC[C@@]1(O)C(=O)OCc2c1cc1n(c2=O)Cc2c-1nc1cc(F)c(C)c3c1c2[C@@H](NC(=O)COCNC(=O)OCc1ccc(NC(=O)[C@H](C)NC(=O)[C@@H](NC(=O)CCOCCOCCOCCOCCNC(=O)COC2C#CCCCCC2)C(C)C)cc1)CC3. The van der Waals surface area contributed by atoms with E-state index in [0.29, 0.717) is 103 Å². The summed E-state index contributed by atoms with van der Waals surface area (Å²) in [6.45, 7) is 9.86. The van der Waals surface area contributed by atoms with Crippen LogP contribution in [0.1, 0.15) is 124 Å². The van der Waals surface area contributed by atoms with Crippen LogP contribution in [-0.4, -0.2) is 154 Å². The molecule has 0 fully saturated rings. The number of ether oxygens (including phenoxy) is 8. The number of benzene rings is 2. The molecule has 7 N–H and O–H groups in total. The third kappa shape index (κ3) is 17.7. The maximum Gasteiger partial charge on any atom is 0.409 e. The Morgan fingerprint density at radius 3 is 2.27 bits per heavy atom. The van der Waals surface area contributed by atoms with Gasteiger partial charge in [-0.15, -0.1) is 5.92 Å². The van der Waals surface area contributed by atoms with E-state index in [2.05, 4.69) is 43.7 Å². The minimum absolute atomic E-state index is 0.00329. The summed E-state index contributed by atoms with van der Waals surface area (Å²) >= 11 is 0. The molecule has 26 heteroatoms. The average molecular weight is 1250 g/mol. The zero-order chi connectivity index (χ0) is 64.3. The molecule has 4 aliphatic rings. The lowest BCUT2D eigenvalue weighted by Gasteiger charge is -2.31. The lowest BCUT2D eigenvalue weighted by atomic mass is 9.81. The van der Waals surface area contributed by atoms with Gasteiger partial charge in [0.2, 0.25) is 29.5 Å². The number of carbonyl (C=O) groups excluding carboxylic acids is 7. The van der Waals surface area contributed by atoms with Crippen LogP contribution in [-0.2, 0) is 98.4 Å². The van der Waals surface area contributed by atoms with E-state index in [1.54, 1.807) is 58.0 Å². The number of pyridine rings is 2. The molecule has 0 radical (unpaired) electrons. The van der Waals surface area contributed by atoms with Gasteiger partial charge in [0.15, 0.2) is 5.60 Å². The first-order valence-electron chi connectivity index (χ1n) is 30.6. The number of halogens is 1. The van der Waals surface area contributed by atoms with Crippen molar-refractivity contribution in [3.05, 3.63) is 91.5 Å². The van der Waals surface area contributed by atoms with E-state index < -0.39 is 77.4 Å².